The van der Waals surface area contributed by atoms with Gasteiger partial charge in [-0.1, -0.05) is 11.8 Å². The Kier molecular flexibility index (Phi) is 5.60. The molecule has 3 aromatic rings. The van der Waals surface area contributed by atoms with E-state index in [1.165, 1.54) is 4.68 Å². The summed E-state index contributed by atoms with van der Waals surface area (Å²) in [6, 6.07) is 8.59. The Balaban J connectivity index is 1.66. The van der Waals surface area contributed by atoms with Crippen LogP contribution in [0.4, 0.5) is 18.9 Å². The van der Waals surface area contributed by atoms with Crippen LogP contribution in [-0.4, -0.2) is 39.0 Å². The van der Waals surface area contributed by atoms with Crippen LogP contribution in [0.2, 0.25) is 0 Å². The molecule has 1 heterocycles. The Morgan fingerprint density at radius 3 is 2.59 bits per heavy atom. The van der Waals surface area contributed by atoms with Gasteiger partial charge in [0.15, 0.2) is 17.5 Å². The second kappa shape index (κ2) is 8.08. The number of ether oxygens (including phenoxy) is 1. The van der Waals surface area contributed by atoms with Crippen molar-refractivity contribution < 1.29 is 22.7 Å². The van der Waals surface area contributed by atoms with Crippen LogP contribution in [0.3, 0.4) is 0 Å². The van der Waals surface area contributed by atoms with E-state index in [0.29, 0.717) is 16.6 Å². The van der Waals surface area contributed by atoms with Crippen molar-refractivity contribution in [1.82, 2.24) is 20.2 Å². The molecule has 1 N–H and O–H groups in total. The van der Waals surface area contributed by atoms with Gasteiger partial charge in [0.05, 0.1) is 24.2 Å². The predicted octanol–water partition coefficient (Wildman–Crippen LogP) is 2.82. The zero-order valence-electron chi connectivity index (χ0n) is 13.8. The Morgan fingerprint density at radius 1 is 1.15 bits per heavy atom. The number of carbonyl (C=O) groups excluding carboxylic acids is 1. The third-order valence-electron chi connectivity index (χ3n) is 3.40. The average Bonchev–Trinajstić information content (AvgIpc) is 3.15. The van der Waals surface area contributed by atoms with Crippen molar-refractivity contribution in [3.05, 3.63) is 53.8 Å². The van der Waals surface area contributed by atoms with E-state index in [1.807, 2.05) is 0 Å². The van der Waals surface area contributed by atoms with E-state index in [1.54, 1.807) is 31.4 Å². The van der Waals surface area contributed by atoms with E-state index in [-0.39, 0.29) is 5.75 Å². The predicted molar refractivity (Wildman–Crippen MR) is 91.4 cm³/mol. The lowest BCUT2D eigenvalue weighted by molar-refractivity contribution is -0.113. The molecular formula is C16H12F3N5O2S. The van der Waals surface area contributed by atoms with Gasteiger partial charge in [-0.2, -0.15) is 4.68 Å². The van der Waals surface area contributed by atoms with Crippen LogP contribution in [0.15, 0.2) is 41.6 Å². The van der Waals surface area contributed by atoms with Gasteiger partial charge in [-0.05, 0) is 46.8 Å². The van der Waals surface area contributed by atoms with Crippen molar-refractivity contribution in [3.63, 3.8) is 0 Å². The molecule has 0 bridgehead atoms. The lowest BCUT2D eigenvalue weighted by Crippen LogP contribution is -2.16. The molecule has 3 rings (SSSR count). The number of anilines is 1. The van der Waals surface area contributed by atoms with Crippen molar-refractivity contribution in [2.24, 2.45) is 0 Å². The fraction of sp³-hybridized carbons (Fsp3) is 0.125. The standard InChI is InChI=1S/C16H12F3N5O2S/c1-26-10-4-2-9(3-5-10)24-16(21-22-23-24)27-8-13(25)20-12-7-6-11(17)14(18)15(12)19/h2-7H,8H2,1H3,(H,20,25). The highest BCUT2D eigenvalue weighted by Crippen LogP contribution is 2.22. The number of hydrogen-bond donors (Lipinski definition) is 1. The summed E-state index contributed by atoms with van der Waals surface area (Å²) >= 11 is 0.992. The van der Waals surface area contributed by atoms with Crippen molar-refractivity contribution in [2.75, 3.05) is 18.2 Å². The zero-order chi connectivity index (χ0) is 19.4. The smallest absolute Gasteiger partial charge is 0.234 e. The van der Waals surface area contributed by atoms with Crippen LogP contribution < -0.4 is 10.1 Å². The Labute approximate surface area is 155 Å². The van der Waals surface area contributed by atoms with Crippen molar-refractivity contribution in [2.45, 2.75) is 5.16 Å². The second-order valence-electron chi connectivity index (χ2n) is 5.13. The van der Waals surface area contributed by atoms with Crippen molar-refractivity contribution in [3.8, 4) is 11.4 Å². The highest BCUT2D eigenvalue weighted by molar-refractivity contribution is 7.99. The second-order valence-corrected chi connectivity index (χ2v) is 6.07. The molecule has 27 heavy (non-hydrogen) atoms. The molecule has 0 aliphatic heterocycles. The molecule has 0 aliphatic carbocycles. The highest BCUT2D eigenvalue weighted by atomic mass is 32.2. The van der Waals surface area contributed by atoms with E-state index in [2.05, 4.69) is 20.8 Å². The molecule has 0 saturated carbocycles. The fourth-order valence-electron chi connectivity index (χ4n) is 2.09. The summed E-state index contributed by atoms with van der Waals surface area (Å²) in [6.45, 7) is 0. The minimum atomic E-state index is -1.65. The molecule has 140 valence electrons. The number of hydrogen-bond acceptors (Lipinski definition) is 6. The Bertz CT molecular complexity index is 965. The van der Waals surface area contributed by atoms with Gasteiger partial charge < -0.3 is 10.1 Å². The van der Waals surface area contributed by atoms with E-state index in [0.717, 1.165) is 23.9 Å². The number of nitrogens with one attached hydrogen (secondary N) is 1. The summed E-state index contributed by atoms with van der Waals surface area (Å²) in [6.07, 6.45) is 0. The Morgan fingerprint density at radius 2 is 1.89 bits per heavy atom. The first-order valence-corrected chi connectivity index (χ1v) is 8.47. The molecule has 0 atom stereocenters. The van der Waals surface area contributed by atoms with Crippen molar-refractivity contribution >= 4 is 23.4 Å². The van der Waals surface area contributed by atoms with Crippen LogP contribution in [0, 0.1) is 17.5 Å². The summed E-state index contributed by atoms with van der Waals surface area (Å²) in [5.41, 5.74) is 0.199. The molecular weight excluding hydrogens is 383 g/mol. The first kappa shape index (κ1) is 18.7. The average molecular weight is 395 g/mol. The number of amides is 1. The number of methoxy groups -OCH3 is 1. The lowest BCUT2D eigenvalue weighted by atomic mass is 10.3. The van der Waals surface area contributed by atoms with Gasteiger partial charge in [0.1, 0.15) is 5.75 Å². The van der Waals surface area contributed by atoms with E-state index < -0.39 is 29.0 Å². The number of halogens is 3. The molecule has 1 amide bonds. The molecule has 0 fully saturated rings. The monoisotopic (exact) mass is 395 g/mol. The molecule has 11 heteroatoms. The maximum Gasteiger partial charge on any atom is 0.234 e. The first-order valence-electron chi connectivity index (χ1n) is 7.48. The summed E-state index contributed by atoms with van der Waals surface area (Å²) in [5, 5.41) is 13.7. The normalized spacial score (nSPS) is 10.7. The third kappa shape index (κ3) is 4.19. The number of thioether (sulfide) groups is 1. The van der Waals surface area contributed by atoms with E-state index >= 15 is 0 Å². The number of carbonyl (C=O) groups is 1. The molecule has 7 nitrogen and oxygen atoms in total. The number of tetrazole rings is 1. The van der Waals surface area contributed by atoms with Crippen LogP contribution >= 0.6 is 11.8 Å². The number of rotatable bonds is 6. The van der Waals surface area contributed by atoms with Crippen LogP contribution in [-0.2, 0) is 4.79 Å². The molecule has 1 aromatic heterocycles. The van der Waals surface area contributed by atoms with Gasteiger partial charge >= 0.3 is 0 Å². The number of benzene rings is 2. The fourth-order valence-corrected chi connectivity index (χ4v) is 2.78. The van der Waals surface area contributed by atoms with E-state index in [9.17, 15) is 18.0 Å². The van der Waals surface area contributed by atoms with E-state index in [4.69, 9.17) is 4.74 Å². The van der Waals surface area contributed by atoms with Crippen LogP contribution in [0.5, 0.6) is 5.75 Å². The van der Waals surface area contributed by atoms with Crippen molar-refractivity contribution in [1.29, 1.82) is 0 Å². The minimum Gasteiger partial charge on any atom is -0.497 e. The summed E-state index contributed by atoms with van der Waals surface area (Å²) in [5.74, 6) is -4.59. The Hall–Kier alpha value is -3.08. The van der Waals surface area contributed by atoms with Gasteiger partial charge in [0, 0.05) is 0 Å². The van der Waals surface area contributed by atoms with Gasteiger partial charge in [0.25, 0.3) is 0 Å². The lowest BCUT2D eigenvalue weighted by Gasteiger charge is -2.08. The van der Waals surface area contributed by atoms with Gasteiger partial charge in [-0.15, -0.1) is 5.10 Å². The first-order chi connectivity index (χ1) is 13.0. The summed E-state index contributed by atoms with van der Waals surface area (Å²) in [4.78, 5) is 12.0. The summed E-state index contributed by atoms with van der Waals surface area (Å²) < 4.78 is 46.2. The highest BCUT2D eigenvalue weighted by Gasteiger charge is 2.16. The quantitative estimate of drug-likeness (QED) is 0.511. The van der Waals surface area contributed by atoms with Gasteiger partial charge in [-0.3, -0.25) is 4.79 Å². The molecule has 0 unspecified atom stereocenters. The van der Waals surface area contributed by atoms with Gasteiger partial charge in [0.2, 0.25) is 11.1 Å². The molecule has 0 saturated heterocycles. The third-order valence-corrected chi connectivity index (χ3v) is 4.32. The molecule has 0 spiro atoms. The maximum atomic E-state index is 13.6. The number of nitrogens with zero attached hydrogens (tertiary/aromatic N) is 4. The molecule has 2 aromatic carbocycles. The van der Waals surface area contributed by atoms with Crippen LogP contribution in [0.1, 0.15) is 0 Å². The summed E-state index contributed by atoms with van der Waals surface area (Å²) in [7, 11) is 1.54. The van der Waals surface area contributed by atoms with Crippen LogP contribution in [0.25, 0.3) is 5.69 Å². The molecule has 0 aliphatic rings. The zero-order valence-corrected chi connectivity index (χ0v) is 14.6. The largest absolute Gasteiger partial charge is 0.497 e. The minimum absolute atomic E-state index is 0.172. The molecule has 0 radical (unpaired) electrons. The number of aromatic nitrogens is 4. The maximum absolute atomic E-state index is 13.6. The SMILES string of the molecule is COc1ccc(-n2nnnc2SCC(=O)Nc2ccc(F)c(F)c2F)cc1. The van der Waals surface area contributed by atoms with Gasteiger partial charge in [-0.25, -0.2) is 13.2 Å². The topological polar surface area (TPSA) is 81.9 Å².